The molecule has 2 aromatic carbocycles. The Hall–Kier alpha value is -3.59. The lowest BCUT2D eigenvalue weighted by molar-refractivity contribution is -0.0266. The van der Waals surface area contributed by atoms with Crippen LogP contribution >= 0.6 is 0 Å². The molecular weight excluding hydrogens is 425 g/mol. The number of likely N-dealkylation sites (tertiary alicyclic amines) is 1. The van der Waals surface area contributed by atoms with Crippen molar-refractivity contribution in [2.45, 2.75) is 24.8 Å². The molecule has 8 nitrogen and oxygen atoms in total. The quantitative estimate of drug-likeness (QED) is 0.473. The number of amides is 1. The predicted molar refractivity (Wildman–Crippen MR) is 117 cm³/mol. The van der Waals surface area contributed by atoms with E-state index in [9.17, 15) is 9.18 Å². The molecule has 2 fully saturated rings. The van der Waals surface area contributed by atoms with Gasteiger partial charge in [-0.25, -0.2) is 4.39 Å². The minimum atomic E-state index is -0.490. The fourth-order valence-electron chi connectivity index (χ4n) is 4.49. The molecule has 2 saturated heterocycles. The van der Waals surface area contributed by atoms with Gasteiger partial charge in [0.25, 0.3) is 11.8 Å². The van der Waals surface area contributed by atoms with E-state index in [2.05, 4.69) is 15.2 Å². The van der Waals surface area contributed by atoms with E-state index >= 15 is 0 Å². The van der Waals surface area contributed by atoms with Gasteiger partial charge < -0.3 is 14.2 Å². The molecule has 4 aromatic rings. The van der Waals surface area contributed by atoms with Crippen molar-refractivity contribution in [3.63, 3.8) is 0 Å². The predicted octanol–water partition coefficient (Wildman–Crippen LogP) is 3.82. The normalized spacial score (nSPS) is 17.4. The highest BCUT2D eigenvalue weighted by Crippen LogP contribution is 2.31. The molecule has 0 aliphatic carbocycles. The smallest absolute Gasteiger partial charge is 0.258 e. The van der Waals surface area contributed by atoms with E-state index < -0.39 is 5.82 Å². The largest absolute Gasteiger partial charge is 0.377 e. The lowest BCUT2D eigenvalue weighted by atomic mass is 9.95. The summed E-state index contributed by atoms with van der Waals surface area (Å²) in [5.74, 6) is 0.435. The van der Waals surface area contributed by atoms with Crippen LogP contribution in [0.1, 0.15) is 41.0 Å². The molecule has 33 heavy (non-hydrogen) atoms. The van der Waals surface area contributed by atoms with Crippen molar-refractivity contribution >= 4 is 16.8 Å². The number of hydrogen-bond acceptors (Lipinski definition) is 6. The topological polar surface area (TPSA) is 86.3 Å². The van der Waals surface area contributed by atoms with Crippen molar-refractivity contribution in [3.8, 4) is 11.5 Å². The van der Waals surface area contributed by atoms with Gasteiger partial charge in [-0.15, -0.1) is 0 Å². The Labute approximate surface area is 188 Å². The van der Waals surface area contributed by atoms with E-state index in [4.69, 9.17) is 9.26 Å². The Morgan fingerprint density at radius 3 is 2.67 bits per heavy atom. The van der Waals surface area contributed by atoms with Gasteiger partial charge in [0.15, 0.2) is 5.82 Å². The SMILES string of the molecule is O=C(c1ccccc1F)N1CCC(c2noc(-c3ccc4cnn(C5COC5)c4c3)n2)CC1. The van der Waals surface area contributed by atoms with E-state index in [0.717, 1.165) is 16.5 Å². The number of ether oxygens (including phenoxy) is 1. The highest BCUT2D eigenvalue weighted by Gasteiger charge is 2.29. The lowest BCUT2D eigenvalue weighted by Crippen LogP contribution is -2.38. The van der Waals surface area contributed by atoms with Gasteiger partial charge in [-0.05, 0) is 37.1 Å². The van der Waals surface area contributed by atoms with Crippen molar-refractivity contribution in [3.05, 3.63) is 65.9 Å². The summed E-state index contributed by atoms with van der Waals surface area (Å²) in [5, 5.41) is 9.77. The van der Waals surface area contributed by atoms with E-state index in [-0.39, 0.29) is 23.4 Å². The highest BCUT2D eigenvalue weighted by atomic mass is 19.1. The van der Waals surface area contributed by atoms with E-state index in [0.29, 0.717) is 50.9 Å². The molecule has 9 heteroatoms. The number of fused-ring (bicyclic) bond motifs is 1. The summed E-state index contributed by atoms with van der Waals surface area (Å²) in [6, 6.07) is 12.3. The van der Waals surface area contributed by atoms with Crippen LogP contribution in [-0.4, -0.2) is 57.0 Å². The number of benzene rings is 2. The zero-order valence-corrected chi connectivity index (χ0v) is 17.9. The van der Waals surface area contributed by atoms with Gasteiger partial charge in [-0.1, -0.05) is 23.4 Å². The summed E-state index contributed by atoms with van der Waals surface area (Å²) in [4.78, 5) is 19.0. The Morgan fingerprint density at radius 2 is 1.91 bits per heavy atom. The van der Waals surface area contributed by atoms with Crippen LogP contribution in [-0.2, 0) is 4.74 Å². The van der Waals surface area contributed by atoms with Crippen LogP contribution in [0.3, 0.4) is 0 Å². The monoisotopic (exact) mass is 447 g/mol. The van der Waals surface area contributed by atoms with E-state index in [1.165, 1.54) is 12.1 Å². The van der Waals surface area contributed by atoms with Crippen LogP contribution in [0.15, 0.2) is 53.2 Å². The molecule has 0 N–H and O–H groups in total. The number of rotatable bonds is 4. The molecule has 0 saturated carbocycles. The average molecular weight is 447 g/mol. The molecule has 168 valence electrons. The fourth-order valence-corrected chi connectivity index (χ4v) is 4.49. The molecule has 4 heterocycles. The maximum atomic E-state index is 14.0. The van der Waals surface area contributed by atoms with Gasteiger partial charge >= 0.3 is 0 Å². The first-order valence-corrected chi connectivity index (χ1v) is 11.1. The zero-order valence-electron chi connectivity index (χ0n) is 17.9. The molecule has 6 rings (SSSR count). The van der Waals surface area contributed by atoms with E-state index in [1.54, 1.807) is 17.0 Å². The zero-order chi connectivity index (χ0) is 22.4. The summed E-state index contributed by atoms with van der Waals surface area (Å²) in [6.45, 7) is 2.39. The first kappa shape index (κ1) is 20.0. The van der Waals surface area contributed by atoms with Gasteiger partial charge in [0, 0.05) is 30.0 Å². The van der Waals surface area contributed by atoms with Crippen molar-refractivity contribution in [1.29, 1.82) is 0 Å². The summed E-state index contributed by atoms with van der Waals surface area (Å²) >= 11 is 0. The van der Waals surface area contributed by atoms with Gasteiger partial charge in [0.05, 0.1) is 36.5 Å². The number of nitrogens with zero attached hydrogens (tertiary/aromatic N) is 5. The Balaban J connectivity index is 1.16. The number of carbonyl (C=O) groups is 1. The Bertz CT molecular complexity index is 1320. The lowest BCUT2D eigenvalue weighted by Gasteiger charge is -2.30. The molecule has 0 unspecified atom stereocenters. The second-order valence-electron chi connectivity index (χ2n) is 8.56. The third-order valence-electron chi connectivity index (χ3n) is 6.51. The van der Waals surface area contributed by atoms with Gasteiger partial charge in [0.1, 0.15) is 5.82 Å². The third kappa shape index (κ3) is 3.58. The summed E-state index contributed by atoms with van der Waals surface area (Å²) in [7, 11) is 0. The van der Waals surface area contributed by atoms with E-state index in [1.807, 2.05) is 29.1 Å². The van der Waals surface area contributed by atoms with Gasteiger partial charge in [-0.3, -0.25) is 9.48 Å². The number of piperidine rings is 1. The highest BCUT2D eigenvalue weighted by molar-refractivity contribution is 5.94. The third-order valence-corrected chi connectivity index (χ3v) is 6.51. The van der Waals surface area contributed by atoms with Crippen molar-refractivity contribution < 1.29 is 18.4 Å². The Morgan fingerprint density at radius 1 is 1.09 bits per heavy atom. The van der Waals surface area contributed by atoms with Crippen LogP contribution in [0.2, 0.25) is 0 Å². The minimum absolute atomic E-state index is 0.0913. The molecule has 2 aliphatic heterocycles. The van der Waals surface area contributed by atoms with Crippen LogP contribution in [0, 0.1) is 5.82 Å². The van der Waals surface area contributed by atoms with Crippen molar-refractivity contribution in [2.75, 3.05) is 26.3 Å². The molecule has 0 bridgehead atoms. The molecule has 0 radical (unpaired) electrons. The molecule has 2 aromatic heterocycles. The average Bonchev–Trinajstić information content (AvgIpc) is 3.46. The number of carbonyl (C=O) groups excluding carboxylic acids is 1. The summed E-state index contributed by atoms with van der Waals surface area (Å²) in [5.41, 5.74) is 1.97. The molecule has 0 atom stereocenters. The molecule has 0 spiro atoms. The summed E-state index contributed by atoms with van der Waals surface area (Å²) in [6.07, 6.45) is 3.26. The van der Waals surface area contributed by atoms with Gasteiger partial charge in [0.2, 0.25) is 0 Å². The number of hydrogen-bond donors (Lipinski definition) is 0. The molecular formula is C24H22FN5O3. The molecule has 1 amide bonds. The van der Waals surface area contributed by atoms with Gasteiger partial charge in [-0.2, -0.15) is 10.1 Å². The van der Waals surface area contributed by atoms with Crippen LogP contribution in [0.5, 0.6) is 0 Å². The fraction of sp³-hybridized carbons (Fsp3) is 0.333. The maximum Gasteiger partial charge on any atom is 0.258 e. The van der Waals surface area contributed by atoms with Crippen molar-refractivity contribution in [1.82, 2.24) is 24.8 Å². The first-order chi connectivity index (χ1) is 16.2. The number of aromatic nitrogens is 4. The second kappa shape index (κ2) is 8.08. The van der Waals surface area contributed by atoms with Crippen LogP contribution < -0.4 is 0 Å². The Kier molecular flexibility index (Phi) is 4.91. The maximum absolute atomic E-state index is 14.0. The number of halogens is 1. The first-order valence-electron chi connectivity index (χ1n) is 11.1. The summed E-state index contributed by atoms with van der Waals surface area (Å²) < 4.78 is 26.9. The minimum Gasteiger partial charge on any atom is -0.377 e. The molecule has 2 aliphatic rings. The van der Waals surface area contributed by atoms with Crippen LogP contribution in [0.25, 0.3) is 22.4 Å². The second-order valence-corrected chi connectivity index (χ2v) is 8.56. The van der Waals surface area contributed by atoms with Crippen LogP contribution in [0.4, 0.5) is 4.39 Å². The standard InChI is InChI=1S/C24H22FN5O3/c25-20-4-2-1-3-19(20)24(31)29-9-7-15(8-10-29)22-27-23(33-28-22)16-5-6-17-12-26-30(21(17)11-16)18-13-32-14-18/h1-6,11-12,15,18H,7-10,13-14H2. The van der Waals surface area contributed by atoms with Crippen molar-refractivity contribution in [2.24, 2.45) is 0 Å².